The molecule has 3 heteroatoms. The monoisotopic (exact) mass is 288 g/mol. The highest BCUT2D eigenvalue weighted by Crippen LogP contribution is 2.19. The van der Waals surface area contributed by atoms with E-state index in [1.807, 2.05) is 0 Å². The Hall–Kier alpha value is -0.900. The predicted octanol–water partition coefficient (Wildman–Crippen LogP) is 2.76. The summed E-state index contributed by atoms with van der Waals surface area (Å²) < 4.78 is 5.79. The highest BCUT2D eigenvalue weighted by molar-refractivity contribution is 5.14. The summed E-state index contributed by atoms with van der Waals surface area (Å²) in [5.74, 6) is 0. The van der Waals surface area contributed by atoms with Crippen LogP contribution in [0.25, 0.3) is 0 Å². The Morgan fingerprint density at radius 2 is 2.05 bits per heavy atom. The lowest BCUT2D eigenvalue weighted by Gasteiger charge is -2.42. The fourth-order valence-electron chi connectivity index (χ4n) is 3.61. The molecule has 21 heavy (non-hydrogen) atoms. The van der Waals surface area contributed by atoms with Crippen molar-refractivity contribution in [2.24, 2.45) is 0 Å². The fraction of sp³-hybridized carbons (Fsp3) is 0.667. The van der Waals surface area contributed by atoms with Crippen LogP contribution in [0.5, 0.6) is 0 Å². The van der Waals surface area contributed by atoms with Crippen molar-refractivity contribution in [3.63, 3.8) is 0 Å². The molecule has 2 aliphatic rings. The standard InChI is InChI=1S/C18H28N2O/c1-2-17-14-19(15-18-9-6-12-21-18)10-11-20(17)13-16-7-4-3-5-8-16/h3-5,7-8,17-18H,2,6,9-15H2,1H3/t17-,18+/m0/s1. The zero-order chi connectivity index (χ0) is 14.5. The summed E-state index contributed by atoms with van der Waals surface area (Å²) in [4.78, 5) is 5.27. The fourth-order valence-corrected chi connectivity index (χ4v) is 3.61. The van der Waals surface area contributed by atoms with Crippen LogP contribution in [0, 0.1) is 0 Å². The number of ether oxygens (including phenoxy) is 1. The molecular weight excluding hydrogens is 260 g/mol. The first-order valence-corrected chi connectivity index (χ1v) is 8.47. The number of hydrogen-bond donors (Lipinski definition) is 0. The minimum absolute atomic E-state index is 0.489. The van der Waals surface area contributed by atoms with E-state index in [2.05, 4.69) is 47.1 Å². The zero-order valence-corrected chi connectivity index (χ0v) is 13.2. The van der Waals surface area contributed by atoms with Crippen LogP contribution in [0.4, 0.5) is 0 Å². The third-order valence-corrected chi connectivity index (χ3v) is 4.87. The molecular formula is C18H28N2O. The van der Waals surface area contributed by atoms with E-state index in [-0.39, 0.29) is 0 Å². The average Bonchev–Trinajstić information content (AvgIpc) is 3.03. The Morgan fingerprint density at radius 1 is 1.19 bits per heavy atom. The van der Waals surface area contributed by atoms with Crippen LogP contribution in [0.3, 0.4) is 0 Å². The van der Waals surface area contributed by atoms with E-state index in [0.717, 1.165) is 19.7 Å². The Morgan fingerprint density at radius 3 is 2.76 bits per heavy atom. The molecule has 2 atom stereocenters. The van der Waals surface area contributed by atoms with Crippen molar-refractivity contribution in [1.29, 1.82) is 0 Å². The van der Waals surface area contributed by atoms with Crippen LogP contribution >= 0.6 is 0 Å². The van der Waals surface area contributed by atoms with Crippen LogP contribution in [0.1, 0.15) is 31.7 Å². The maximum atomic E-state index is 5.79. The second-order valence-electron chi connectivity index (χ2n) is 6.41. The van der Waals surface area contributed by atoms with Gasteiger partial charge in [-0.2, -0.15) is 0 Å². The van der Waals surface area contributed by atoms with Gasteiger partial charge in [0.1, 0.15) is 0 Å². The molecule has 0 unspecified atom stereocenters. The summed E-state index contributed by atoms with van der Waals surface area (Å²) in [5.41, 5.74) is 1.43. The molecule has 0 spiro atoms. The molecule has 3 rings (SSSR count). The zero-order valence-electron chi connectivity index (χ0n) is 13.2. The number of piperazine rings is 1. The molecule has 0 amide bonds. The van der Waals surface area contributed by atoms with Gasteiger partial charge in [0.15, 0.2) is 0 Å². The van der Waals surface area contributed by atoms with Crippen molar-refractivity contribution in [3.8, 4) is 0 Å². The molecule has 0 bridgehead atoms. The summed E-state index contributed by atoms with van der Waals surface area (Å²) in [6.07, 6.45) is 4.22. The van der Waals surface area contributed by atoms with E-state index < -0.39 is 0 Å². The summed E-state index contributed by atoms with van der Waals surface area (Å²) in [6.45, 7) is 9.07. The number of benzene rings is 1. The molecule has 1 aromatic carbocycles. The second kappa shape index (κ2) is 7.39. The molecule has 2 fully saturated rings. The first-order valence-electron chi connectivity index (χ1n) is 8.47. The minimum atomic E-state index is 0.489. The predicted molar refractivity (Wildman–Crippen MR) is 86.3 cm³/mol. The van der Waals surface area contributed by atoms with Crippen molar-refractivity contribution in [2.75, 3.05) is 32.8 Å². The Bertz CT molecular complexity index is 416. The van der Waals surface area contributed by atoms with Crippen LogP contribution in [-0.2, 0) is 11.3 Å². The van der Waals surface area contributed by atoms with Crippen LogP contribution < -0.4 is 0 Å². The highest BCUT2D eigenvalue weighted by atomic mass is 16.5. The summed E-state index contributed by atoms with van der Waals surface area (Å²) in [7, 11) is 0. The Kier molecular flexibility index (Phi) is 5.28. The van der Waals surface area contributed by atoms with Crippen LogP contribution in [0.2, 0.25) is 0 Å². The van der Waals surface area contributed by atoms with Gasteiger partial charge in [-0.3, -0.25) is 9.80 Å². The lowest BCUT2D eigenvalue weighted by atomic mass is 10.1. The lowest BCUT2D eigenvalue weighted by Crippen LogP contribution is -2.53. The molecule has 0 radical (unpaired) electrons. The van der Waals surface area contributed by atoms with E-state index in [1.165, 1.54) is 44.5 Å². The van der Waals surface area contributed by atoms with Crippen molar-refractivity contribution < 1.29 is 4.74 Å². The molecule has 3 nitrogen and oxygen atoms in total. The van der Waals surface area contributed by atoms with Gasteiger partial charge in [-0.1, -0.05) is 37.3 Å². The molecule has 0 aliphatic carbocycles. The molecule has 2 aliphatic heterocycles. The lowest BCUT2D eigenvalue weighted by molar-refractivity contribution is 0.0234. The van der Waals surface area contributed by atoms with Gasteiger partial charge >= 0.3 is 0 Å². The van der Waals surface area contributed by atoms with Gasteiger partial charge in [0.2, 0.25) is 0 Å². The van der Waals surface area contributed by atoms with Gasteiger partial charge < -0.3 is 4.74 Å². The first-order chi connectivity index (χ1) is 10.3. The second-order valence-corrected chi connectivity index (χ2v) is 6.41. The molecule has 1 aromatic rings. The smallest absolute Gasteiger partial charge is 0.0702 e. The van der Waals surface area contributed by atoms with Crippen molar-refractivity contribution in [3.05, 3.63) is 35.9 Å². The van der Waals surface area contributed by atoms with Gasteiger partial charge in [0, 0.05) is 45.4 Å². The number of nitrogens with zero attached hydrogens (tertiary/aromatic N) is 2. The Balaban J connectivity index is 1.53. The molecule has 116 valence electrons. The van der Waals surface area contributed by atoms with Gasteiger partial charge in [0.25, 0.3) is 0 Å². The third-order valence-electron chi connectivity index (χ3n) is 4.87. The summed E-state index contributed by atoms with van der Waals surface area (Å²) in [5, 5.41) is 0. The SMILES string of the molecule is CC[C@H]1CN(C[C@H]2CCCO2)CCN1Cc1ccccc1. The molecule has 0 saturated carbocycles. The highest BCUT2D eigenvalue weighted by Gasteiger charge is 2.28. The topological polar surface area (TPSA) is 15.7 Å². The molecule has 0 N–H and O–H groups in total. The summed E-state index contributed by atoms with van der Waals surface area (Å²) in [6, 6.07) is 11.5. The van der Waals surface area contributed by atoms with Crippen LogP contribution in [-0.4, -0.2) is 54.7 Å². The largest absolute Gasteiger partial charge is 0.377 e. The van der Waals surface area contributed by atoms with Crippen molar-refractivity contribution >= 4 is 0 Å². The van der Waals surface area contributed by atoms with Crippen molar-refractivity contribution in [1.82, 2.24) is 9.80 Å². The normalized spacial score (nSPS) is 28.0. The van der Waals surface area contributed by atoms with E-state index >= 15 is 0 Å². The van der Waals surface area contributed by atoms with Gasteiger partial charge in [-0.15, -0.1) is 0 Å². The van der Waals surface area contributed by atoms with Crippen LogP contribution in [0.15, 0.2) is 30.3 Å². The quantitative estimate of drug-likeness (QED) is 0.828. The minimum Gasteiger partial charge on any atom is -0.377 e. The average molecular weight is 288 g/mol. The first kappa shape index (κ1) is 15.0. The number of hydrogen-bond acceptors (Lipinski definition) is 3. The molecule has 2 heterocycles. The summed E-state index contributed by atoms with van der Waals surface area (Å²) >= 11 is 0. The van der Waals surface area contributed by atoms with Gasteiger partial charge in [-0.05, 0) is 24.8 Å². The molecule has 2 saturated heterocycles. The van der Waals surface area contributed by atoms with E-state index in [0.29, 0.717) is 12.1 Å². The van der Waals surface area contributed by atoms with Gasteiger partial charge in [0.05, 0.1) is 6.10 Å². The van der Waals surface area contributed by atoms with E-state index in [4.69, 9.17) is 4.74 Å². The third kappa shape index (κ3) is 4.06. The van der Waals surface area contributed by atoms with Crippen molar-refractivity contribution in [2.45, 2.75) is 44.9 Å². The maximum Gasteiger partial charge on any atom is 0.0702 e. The van der Waals surface area contributed by atoms with E-state index in [9.17, 15) is 0 Å². The Labute approximate surface area is 128 Å². The van der Waals surface area contributed by atoms with E-state index in [1.54, 1.807) is 0 Å². The number of rotatable bonds is 5. The molecule has 0 aromatic heterocycles. The van der Waals surface area contributed by atoms with Gasteiger partial charge in [-0.25, -0.2) is 0 Å². The maximum absolute atomic E-state index is 5.79.